The Morgan fingerprint density at radius 1 is 1.36 bits per heavy atom. The quantitative estimate of drug-likeness (QED) is 0.553. The Hall–Kier alpha value is -0.160. The Balaban J connectivity index is 1.98. The van der Waals surface area contributed by atoms with Crippen LogP contribution in [-0.2, 0) is 14.2 Å². The van der Waals surface area contributed by atoms with Crippen LogP contribution in [0.25, 0.3) is 0 Å². The van der Waals surface area contributed by atoms with Crippen LogP contribution in [0.2, 0.25) is 0 Å². The first-order chi connectivity index (χ1) is 5.24. The second-order valence-corrected chi connectivity index (χ2v) is 3.01. The summed E-state index contributed by atoms with van der Waals surface area (Å²) < 4.78 is 15.5. The van der Waals surface area contributed by atoms with E-state index in [-0.39, 0.29) is 24.6 Å². The van der Waals surface area contributed by atoms with Gasteiger partial charge in [-0.05, 0) is 6.92 Å². The summed E-state index contributed by atoms with van der Waals surface area (Å²) in [4.78, 5) is 0. The van der Waals surface area contributed by atoms with E-state index in [0.717, 1.165) is 0 Å². The van der Waals surface area contributed by atoms with E-state index >= 15 is 0 Å². The fourth-order valence-electron chi connectivity index (χ4n) is 1.51. The minimum atomic E-state index is -0.481. The van der Waals surface area contributed by atoms with E-state index in [4.69, 9.17) is 14.2 Å². The second-order valence-electron chi connectivity index (χ2n) is 3.01. The van der Waals surface area contributed by atoms with Gasteiger partial charge in [0, 0.05) is 7.11 Å². The van der Waals surface area contributed by atoms with Crippen LogP contribution in [0, 0.1) is 0 Å². The molecular formula is C7H12O4. The molecule has 2 aliphatic rings. The molecular weight excluding hydrogens is 148 g/mol. The number of fused-ring (bicyclic) bond motifs is 1. The van der Waals surface area contributed by atoms with Gasteiger partial charge in [0.05, 0.1) is 6.10 Å². The van der Waals surface area contributed by atoms with E-state index in [0.29, 0.717) is 0 Å². The third kappa shape index (κ3) is 1.06. The van der Waals surface area contributed by atoms with Crippen LogP contribution in [0.3, 0.4) is 0 Å². The molecule has 0 aliphatic carbocycles. The van der Waals surface area contributed by atoms with Gasteiger partial charge in [-0.15, -0.1) is 0 Å². The van der Waals surface area contributed by atoms with Crippen molar-refractivity contribution in [3.8, 4) is 0 Å². The molecule has 0 bridgehead atoms. The Bertz CT molecular complexity index is 159. The van der Waals surface area contributed by atoms with Gasteiger partial charge >= 0.3 is 0 Å². The molecule has 2 rings (SSSR count). The predicted octanol–water partition coefficient (Wildman–Crippen LogP) is -0.494. The SMILES string of the molecule is COC1OC(C(C)O)C2OC12. The van der Waals surface area contributed by atoms with E-state index in [1.807, 2.05) is 0 Å². The highest BCUT2D eigenvalue weighted by Gasteiger charge is 2.59. The second kappa shape index (κ2) is 2.42. The van der Waals surface area contributed by atoms with Crippen LogP contribution < -0.4 is 0 Å². The molecule has 5 unspecified atom stereocenters. The van der Waals surface area contributed by atoms with Crippen LogP contribution in [0.15, 0.2) is 0 Å². The number of ether oxygens (including phenoxy) is 3. The van der Waals surface area contributed by atoms with Crippen molar-refractivity contribution in [3.63, 3.8) is 0 Å². The molecule has 0 spiro atoms. The van der Waals surface area contributed by atoms with Crippen molar-refractivity contribution in [2.24, 2.45) is 0 Å². The predicted molar refractivity (Wildman–Crippen MR) is 36.0 cm³/mol. The lowest BCUT2D eigenvalue weighted by Crippen LogP contribution is -2.30. The molecule has 2 fully saturated rings. The van der Waals surface area contributed by atoms with Crippen molar-refractivity contribution in [2.75, 3.05) is 7.11 Å². The fraction of sp³-hybridized carbons (Fsp3) is 1.00. The summed E-state index contributed by atoms with van der Waals surface area (Å²) in [6, 6.07) is 0. The topological polar surface area (TPSA) is 51.2 Å². The van der Waals surface area contributed by atoms with Gasteiger partial charge in [0.15, 0.2) is 6.29 Å². The Kier molecular flexibility index (Phi) is 1.64. The Labute approximate surface area is 65.1 Å². The lowest BCUT2D eigenvalue weighted by Gasteiger charge is -2.17. The summed E-state index contributed by atoms with van der Waals surface area (Å²) >= 11 is 0. The van der Waals surface area contributed by atoms with Crippen LogP contribution in [-0.4, -0.2) is 42.9 Å². The molecule has 2 heterocycles. The van der Waals surface area contributed by atoms with Gasteiger partial charge in [-0.3, -0.25) is 0 Å². The number of aliphatic hydroxyl groups is 1. The van der Waals surface area contributed by atoms with Crippen molar-refractivity contribution in [1.29, 1.82) is 0 Å². The largest absolute Gasteiger partial charge is 0.391 e. The maximum atomic E-state index is 9.20. The summed E-state index contributed by atoms with van der Waals surface area (Å²) in [6.45, 7) is 1.70. The smallest absolute Gasteiger partial charge is 0.186 e. The highest BCUT2D eigenvalue weighted by Crippen LogP contribution is 2.40. The highest BCUT2D eigenvalue weighted by molar-refractivity contribution is 5.01. The molecule has 0 saturated carbocycles. The highest BCUT2D eigenvalue weighted by atomic mass is 16.8. The molecule has 2 saturated heterocycles. The fourth-order valence-corrected chi connectivity index (χ4v) is 1.51. The third-order valence-corrected chi connectivity index (χ3v) is 2.15. The van der Waals surface area contributed by atoms with Crippen LogP contribution >= 0.6 is 0 Å². The van der Waals surface area contributed by atoms with Crippen molar-refractivity contribution in [1.82, 2.24) is 0 Å². The van der Waals surface area contributed by atoms with Gasteiger partial charge in [0.2, 0.25) is 0 Å². The lowest BCUT2D eigenvalue weighted by molar-refractivity contribution is -0.178. The van der Waals surface area contributed by atoms with E-state index < -0.39 is 6.10 Å². The number of aliphatic hydroxyl groups excluding tert-OH is 1. The van der Waals surface area contributed by atoms with Crippen LogP contribution in [0.5, 0.6) is 0 Å². The molecule has 11 heavy (non-hydrogen) atoms. The summed E-state index contributed by atoms with van der Waals surface area (Å²) in [7, 11) is 1.58. The molecule has 0 radical (unpaired) electrons. The lowest BCUT2D eigenvalue weighted by atomic mass is 10.1. The molecule has 1 N–H and O–H groups in total. The van der Waals surface area contributed by atoms with Crippen LogP contribution in [0.4, 0.5) is 0 Å². The van der Waals surface area contributed by atoms with E-state index in [1.165, 1.54) is 0 Å². The number of methoxy groups -OCH3 is 1. The van der Waals surface area contributed by atoms with E-state index in [9.17, 15) is 5.11 Å². The third-order valence-electron chi connectivity index (χ3n) is 2.15. The van der Waals surface area contributed by atoms with E-state index in [1.54, 1.807) is 14.0 Å². The summed E-state index contributed by atoms with van der Waals surface area (Å²) in [5, 5.41) is 9.20. The van der Waals surface area contributed by atoms with Crippen molar-refractivity contribution in [2.45, 2.75) is 37.6 Å². The number of rotatable bonds is 2. The Morgan fingerprint density at radius 3 is 2.45 bits per heavy atom. The van der Waals surface area contributed by atoms with Crippen LogP contribution in [0.1, 0.15) is 6.92 Å². The average Bonchev–Trinajstić information content (AvgIpc) is 2.65. The summed E-state index contributed by atoms with van der Waals surface area (Å²) in [5.41, 5.74) is 0. The summed E-state index contributed by atoms with van der Waals surface area (Å²) in [5.74, 6) is 0. The number of hydrogen-bond acceptors (Lipinski definition) is 4. The zero-order chi connectivity index (χ0) is 8.01. The van der Waals surface area contributed by atoms with Gasteiger partial charge in [-0.25, -0.2) is 0 Å². The maximum absolute atomic E-state index is 9.20. The van der Waals surface area contributed by atoms with Gasteiger partial charge in [-0.1, -0.05) is 0 Å². The van der Waals surface area contributed by atoms with Gasteiger partial charge in [-0.2, -0.15) is 0 Å². The first kappa shape index (κ1) is 7.49. The monoisotopic (exact) mass is 160 g/mol. The van der Waals surface area contributed by atoms with Crippen molar-refractivity contribution >= 4 is 0 Å². The standard InChI is InChI=1S/C7H12O4/c1-3(8)4-5-6(10-5)7(9-2)11-4/h3-8H,1-2H3. The molecule has 64 valence electrons. The minimum Gasteiger partial charge on any atom is -0.391 e. The Morgan fingerprint density at radius 2 is 2.09 bits per heavy atom. The maximum Gasteiger partial charge on any atom is 0.186 e. The molecule has 5 atom stereocenters. The zero-order valence-corrected chi connectivity index (χ0v) is 6.56. The summed E-state index contributed by atoms with van der Waals surface area (Å²) in [6.07, 6.45) is -0.853. The van der Waals surface area contributed by atoms with Crippen molar-refractivity contribution < 1.29 is 19.3 Å². The molecule has 0 aromatic carbocycles. The van der Waals surface area contributed by atoms with Gasteiger partial charge in [0.1, 0.15) is 18.3 Å². The van der Waals surface area contributed by atoms with Crippen molar-refractivity contribution in [3.05, 3.63) is 0 Å². The molecule has 0 amide bonds. The molecule has 4 heteroatoms. The number of hydrogen-bond donors (Lipinski definition) is 1. The van der Waals surface area contributed by atoms with Gasteiger partial charge in [0.25, 0.3) is 0 Å². The normalized spacial score (nSPS) is 50.5. The molecule has 0 aromatic rings. The number of epoxide rings is 1. The average molecular weight is 160 g/mol. The zero-order valence-electron chi connectivity index (χ0n) is 6.56. The molecule has 4 nitrogen and oxygen atoms in total. The first-order valence-electron chi connectivity index (χ1n) is 3.76. The van der Waals surface area contributed by atoms with Gasteiger partial charge < -0.3 is 19.3 Å². The first-order valence-corrected chi connectivity index (χ1v) is 3.76. The minimum absolute atomic E-state index is 0.0552. The van der Waals surface area contributed by atoms with E-state index in [2.05, 4.69) is 0 Å². The molecule has 2 aliphatic heterocycles. The molecule has 0 aromatic heterocycles.